The predicted molar refractivity (Wildman–Crippen MR) is 86.7 cm³/mol. The van der Waals surface area contributed by atoms with Gasteiger partial charge in [-0.3, -0.25) is 0 Å². The van der Waals surface area contributed by atoms with Crippen molar-refractivity contribution in [3.8, 4) is 0 Å². The molecule has 0 spiro atoms. The number of nitrogens with one attached hydrogen (secondary N) is 1. The molecule has 1 aromatic carbocycles. The zero-order valence-electron chi connectivity index (χ0n) is 13.1. The van der Waals surface area contributed by atoms with Gasteiger partial charge in [-0.25, -0.2) is 0 Å². The molecule has 2 heteroatoms. The van der Waals surface area contributed by atoms with Crippen molar-refractivity contribution in [3.63, 3.8) is 0 Å². The summed E-state index contributed by atoms with van der Waals surface area (Å²) in [6, 6.07) is 9.35. The lowest BCUT2D eigenvalue weighted by molar-refractivity contribution is 0.408. The predicted octanol–water partition coefficient (Wildman–Crippen LogP) is 4.36. The largest absolute Gasteiger partial charge is 0.467 e. The number of hydrogen-bond acceptors (Lipinski definition) is 2. The van der Waals surface area contributed by atoms with Crippen molar-refractivity contribution < 1.29 is 4.42 Å². The van der Waals surface area contributed by atoms with Gasteiger partial charge in [-0.15, -0.1) is 0 Å². The standard InChI is InChI=1S/C19H25NO/c1-3-10-20-18(19-14(2)9-11-21-19)13-15-7-8-16-5-4-6-17(16)12-15/h7-9,11-12,18,20H,3-6,10,13H2,1-2H3. The first-order valence-corrected chi connectivity index (χ1v) is 8.16. The third kappa shape index (κ3) is 3.21. The highest BCUT2D eigenvalue weighted by molar-refractivity contribution is 5.36. The highest BCUT2D eigenvalue weighted by Crippen LogP contribution is 2.27. The van der Waals surface area contributed by atoms with Gasteiger partial charge in [0.15, 0.2) is 0 Å². The van der Waals surface area contributed by atoms with Crippen molar-refractivity contribution in [2.45, 2.75) is 52.0 Å². The van der Waals surface area contributed by atoms with Crippen LogP contribution in [-0.2, 0) is 19.3 Å². The number of fused-ring (bicyclic) bond motifs is 1. The van der Waals surface area contributed by atoms with Crippen LogP contribution in [0.3, 0.4) is 0 Å². The molecule has 112 valence electrons. The summed E-state index contributed by atoms with van der Waals surface area (Å²) in [5.74, 6) is 1.09. The van der Waals surface area contributed by atoms with Gasteiger partial charge in [0.1, 0.15) is 5.76 Å². The van der Waals surface area contributed by atoms with E-state index in [1.165, 1.54) is 30.4 Å². The molecule has 1 N–H and O–H groups in total. The van der Waals surface area contributed by atoms with Gasteiger partial charge >= 0.3 is 0 Å². The summed E-state index contributed by atoms with van der Waals surface area (Å²) in [5, 5.41) is 3.64. The molecule has 2 nitrogen and oxygen atoms in total. The molecule has 1 aromatic heterocycles. The van der Waals surface area contributed by atoms with E-state index in [4.69, 9.17) is 4.42 Å². The van der Waals surface area contributed by atoms with Crippen molar-refractivity contribution in [2.75, 3.05) is 6.54 Å². The second kappa shape index (κ2) is 6.48. The van der Waals surface area contributed by atoms with E-state index in [0.29, 0.717) is 0 Å². The van der Waals surface area contributed by atoms with Crippen LogP contribution in [0.5, 0.6) is 0 Å². The summed E-state index contributed by atoms with van der Waals surface area (Å²) in [4.78, 5) is 0. The minimum Gasteiger partial charge on any atom is -0.467 e. The number of aryl methyl sites for hydroxylation is 3. The van der Waals surface area contributed by atoms with Crippen molar-refractivity contribution >= 4 is 0 Å². The van der Waals surface area contributed by atoms with Crippen LogP contribution >= 0.6 is 0 Å². The van der Waals surface area contributed by atoms with Crippen LogP contribution < -0.4 is 5.32 Å². The van der Waals surface area contributed by atoms with E-state index in [9.17, 15) is 0 Å². The Labute approximate surface area is 127 Å². The zero-order chi connectivity index (χ0) is 14.7. The van der Waals surface area contributed by atoms with Gasteiger partial charge in [0, 0.05) is 0 Å². The lowest BCUT2D eigenvalue weighted by Gasteiger charge is -2.18. The first-order chi connectivity index (χ1) is 10.3. The molecule has 0 fully saturated rings. The van der Waals surface area contributed by atoms with Gasteiger partial charge in [0.2, 0.25) is 0 Å². The highest BCUT2D eigenvalue weighted by Gasteiger charge is 2.18. The zero-order valence-corrected chi connectivity index (χ0v) is 13.1. The molecule has 0 saturated carbocycles. The molecular weight excluding hydrogens is 258 g/mol. The van der Waals surface area contributed by atoms with Gasteiger partial charge < -0.3 is 9.73 Å². The van der Waals surface area contributed by atoms with Gasteiger partial charge in [0.05, 0.1) is 12.3 Å². The molecule has 1 aliphatic carbocycles. The molecule has 1 unspecified atom stereocenters. The number of benzene rings is 1. The van der Waals surface area contributed by atoms with E-state index in [2.05, 4.69) is 43.4 Å². The van der Waals surface area contributed by atoms with Crippen LogP contribution in [0.25, 0.3) is 0 Å². The van der Waals surface area contributed by atoms with Crippen LogP contribution in [0.4, 0.5) is 0 Å². The summed E-state index contributed by atoms with van der Waals surface area (Å²) in [5.41, 5.74) is 5.76. The Morgan fingerprint density at radius 3 is 2.81 bits per heavy atom. The molecule has 0 aliphatic heterocycles. The quantitative estimate of drug-likeness (QED) is 0.852. The molecule has 1 heterocycles. The molecular formula is C19H25NO. The molecule has 21 heavy (non-hydrogen) atoms. The topological polar surface area (TPSA) is 25.2 Å². The molecule has 0 saturated heterocycles. The number of furan rings is 1. The Balaban J connectivity index is 1.79. The lowest BCUT2D eigenvalue weighted by atomic mass is 9.98. The molecule has 0 bridgehead atoms. The smallest absolute Gasteiger partial charge is 0.123 e. The van der Waals surface area contributed by atoms with Crippen LogP contribution in [-0.4, -0.2) is 6.54 Å². The molecule has 1 atom stereocenters. The van der Waals surface area contributed by atoms with E-state index >= 15 is 0 Å². The van der Waals surface area contributed by atoms with Gasteiger partial charge in [-0.2, -0.15) is 0 Å². The maximum absolute atomic E-state index is 5.73. The average molecular weight is 283 g/mol. The van der Waals surface area contributed by atoms with Crippen LogP contribution in [0.2, 0.25) is 0 Å². The minimum absolute atomic E-state index is 0.277. The fraction of sp³-hybridized carbons (Fsp3) is 0.474. The fourth-order valence-electron chi connectivity index (χ4n) is 3.31. The average Bonchev–Trinajstić information content (AvgIpc) is 3.11. The summed E-state index contributed by atoms with van der Waals surface area (Å²) < 4.78 is 5.73. The Morgan fingerprint density at radius 1 is 1.19 bits per heavy atom. The highest BCUT2D eigenvalue weighted by atomic mass is 16.3. The van der Waals surface area contributed by atoms with Gasteiger partial charge in [-0.05, 0) is 73.9 Å². The number of hydrogen-bond donors (Lipinski definition) is 1. The van der Waals surface area contributed by atoms with Crippen molar-refractivity contribution in [1.82, 2.24) is 5.32 Å². The van der Waals surface area contributed by atoms with Crippen molar-refractivity contribution in [3.05, 3.63) is 58.5 Å². The van der Waals surface area contributed by atoms with E-state index in [1.807, 2.05) is 0 Å². The number of rotatable bonds is 6. The first-order valence-electron chi connectivity index (χ1n) is 8.16. The summed E-state index contributed by atoms with van der Waals surface area (Å²) in [6.45, 7) is 5.35. The normalized spacial score (nSPS) is 15.1. The van der Waals surface area contributed by atoms with Crippen LogP contribution in [0, 0.1) is 6.92 Å². The Morgan fingerprint density at radius 2 is 2.05 bits per heavy atom. The molecule has 0 radical (unpaired) electrons. The van der Waals surface area contributed by atoms with E-state index in [1.54, 1.807) is 17.4 Å². The Bertz CT molecular complexity index is 599. The SMILES string of the molecule is CCCNC(Cc1ccc2c(c1)CCC2)c1occc1C. The van der Waals surface area contributed by atoms with E-state index in [-0.39, 0.29) is 6.04 Å². The summed E-state index contributed by atoms with van der Waals surface area (Å²) >= 11 is 0. The monoisotopic (exact) mass is 283 g/mol. The van der Waals surface area contributed by atoms with Gasteiger partial charge in [0.25, 0.3) is 0 Å². The van der Waals surface area contributed by atoms with Crippen molar-refractivity contribution in [2.24, 2.45) is 0 Å². The molecule has 3 rings (SSSR count). The second-order valence-electron chi connectivity index (χ2n) is 6.14. The maximum Gasteiger partial charge on any atom is 0.123 e. The second-order valence-corrected chi connectivity index (χ2v) is 6.14. The lowest BCUT2D eigenvalue weighted by Crippen LogP contribution is -2.24. The van der Waals surface area contributed by atoms with Crippen LogP contribution in [0.15, 0.2) is 34.9 Å². The molecule has 0 amide bonds. The molecule has 2 aromatic rings. The summed E-state index contributed by atoms with van der Waals surface area (Å²) in [7, 11) is 0. The Kier molecular flexibility index (Phi) is 4.45. The summed E-state index contributed by atoms with van der Waals surface area (Å²) in [6.07, 6.45) is 7.75. The van der Waals surface area contributed by atoms with E-state index < -0.39 is 0 Å². The first kappa shape index (κ1) is 14.4. The molecule has 1 aliphatic rings. The Hall–Kier alpha value is -1.54. The third-order valence-corrected chi connectivity index (χ3v) is 4.46. The van der Waals surface area contributed by atoms with Crippen molar-refractivity contribution in [1.29, 1.82) is 0 Å². The third-order valence-electron chi connectivity index (χ3n) is 4.46. The van der Waals surface area contributed by atoms with Gasteiger partial charge in [-0.1, -0.05) is 25.1 Å². The maximum atomic E-state index is 5.73. The van der Waals surface area contributed by atoms with E-state index in [0.717, 1.165) is 25.1 Å². The van der Waals surface area contributed by atoms with Crippen LogP contribution in [0.1, 0.15) is 53.8 Å². The minimum atomic E-state index is 0.277. The fourth-order valence-corrected chi connectivity index (χ4v) is 3.31.